The number of ether oxygens (including phenoxy) is 1. The highest BCUT2D eigenvalue weighted by molar-refractivity contribution is 6.02. The molecule has 4 rings (SSSR count). The second-order valence-electron chi connectivity index (χ2n) is 9.05. The van der Waals surface area contributed by atoms with Crippen LogP contribution in [0, 0.1) is 5.41 Å². The molecule has 3 aliphatic heterocycles. The van der Waals surface area contributed by atoms with Gasteiger partial charge in [0.15, 0.2) is 11.5 Å². The van der Waals surface area contributed by atoms with Gasteiger partial charge in [0.1, 0.15) is 5.60 Å². The van der Waals surface area contributed by atoms with Gasteiger partial charge < -0.3 is 14.5 Å². The first-order valence-electron chi connectivity index (χ1n) is 10.3. The van der Waals surface area contributed by atoms with Gasteiger partial charge in [-0.15, -0.1) is 0 Å². The number of nitrogens with zero attached hydrogens (tertiary/aromatic N) is 2. The number of carbonyl (C=O) groups excluding carboxylic acids is 3. The fourth-order valence-electron chi connectivity index (χ4n) is 4.69. The number of carbonyl (C=O) groups is 3. The minimum absolute atomic E-state index is 0.0828. The zero-order valence-electron chi connectivity index (χ0n) is 17.1. The Morgan fingerprint density at radius 3 is 2.34 bits per heavy atom. The van der Waals surface area contributed by atoms with E-state index in [0.717, 1.165) is 18.5 Å². The normalized spacial score (nSPS) is 23.2. The van der Waals surface area contributed by atoms with Gasteiger partial charge in [0.2, 0.25) is 5.91 Å². The number of ketones is 1. The quantitative estimate of drug-likeness (QED) is 0.788. The number of likely N-dealkylation sites (tertiary alicyclic amines) is 2. The van der Waals surface area contributed by atoms with E-state index in [9.17, 15) is 14.4 Å². The maximum absolute atomic E-state index is 13.1. The Morgan fingerprint density at radius 2 is 1.69 bits per heavy atom. The van der Waals surface area contributed by atoms with Crippen LogP contribution in [-0.2, 0) is 25.7 Å². The van der Waals surface area contributed by atoms with Gasteiger partial charge in [-0.2, -0.15) is 0 Å². The molecular formula is C23H28N2O4. The zero-order valence-corrected chi connectivity index (χ0v) is 17.1. The van der Waals surface area contributed by atoms with Crippen molar-refractivity contribution in [3.63, 3.8) is 0 Å². The van der Waals surface area contributed by atoms with Crippen LogP contribution < -0.4 is 0 Å². The molecule has 0 bridgehead atoms. The maximum atomic E-state index is 13.1. The van der Waals surface area contributed by atoms with Crippen molar-refractivity contribution in [2.24, 2.45) is 5.41 Å². The molecule has 29 heavy (non-hydrogen) atoms. The molecule has 0 unspecified atom stereocenters. The fraction of sp³-hybridized carbons (Fsp3) is 0.522. The molecule has 0 N–H and O–H groups in total. The SMILES string of the molecule is CC1(C)CC(=O)C=C(C(=O)N2CCC3(CC2)CCN(Cc2ccccc2)C3=O)O1. The molecule has 154 valence electrons. The average molecular weight is 396 g/mol. The lowest BCUT2D eigenvalue weighted by molar-refractivity contribution is -0.144. The molecule has 6 heteroatoms. The maximum Gasteiger partial charge on any atom is 0.289 e. The third kappa shape index (κ3) is 3.93. The Hall–Kier alpha value is -2.63. The van der Waals surface area contributed by atoms with E-state index in [4.69, 9.17) is 4.74 Å². The van der Waals surface area contributed by atoms with Crippen molar-refractivity contribution in [3.8, 4) is 0 Å². The number of hydrogen-bond donors (Lipinski definition) is 0. The predicted molar refractivity (Wildman–Crippen MR) is 108 cm³/mol. The van der Waals surface area contributed by atoms with Crippen LogP contribution in [0.15, 0.2) is 42.2 Å². The number of amides is 2. The van der Waals surface area contributed by atoms with E-state index in [1.54, 1.807) is 4.90 Å². The van der Waals surface area contributed by atoms with E-state index >= 15 is 0 Å². The van der Waals surface area contributed by atoms with Gasteiger partial charge in [0.25, 0.3) is 5.91 Å². The van der Waals surface area contributed by atoms with Gasteiger partial charge in [-0.05, 0) is 38.7 Å². The topological polar surface area (TPSA) is 66.9 Å². The second kappa shape index (κ2) is 7.32. The summed E-state index contributed by atoms with van der Waals surface area (Å²) >= 11 is 0. The molecule has 1 aromatic carbocycles. The van der Waals surface area contributed by atoms with Crippen molar-refractivity contribution in [2.75, 3.05) is 19.6 Å². The molecule has 6 nitrogen and oxygen atoms in total. The van der Waals surface area contributed by atoms with E-state index in [2.05, 4.69) is 0 Å². The molecule has 2 fully saturated rings. The highest BCUT2D eigenvalue weighted by Crippen LogP contribution is 2.42. The Morgan fingerprint density at radius 1 is 1.03 bits per heavy atom. The van der Waals surface area contributed by atoms with E-state index in [0.29, 0.717) is 32.5 Å². The van der Waals surface area contributed by atoms with Crippen molar-refractivity contribution < 1.29 is 19.1 Å². The van der Waals surface area contributed by atoms with Crippen molar-refractivity contribution in [1.82, 2.24) is 9.80 Å². The summed E-state index contributed by atoms with van der Waals surface area (Å²) in [5.41, 5.74) is 0.120. The van der Waals surface area contributed by atoms with E-state index in [1.807, 2.05) is 49.1 Å². The second-order valence-corrected chi connectivity index (χ2v) is 9.05. The first-order valence-corrected chi connectivity index (χ1v) is 10.3. The molecule has 1 aromatic rings. The summed E-state index contributed by atoms with van der Waals surface area (Å²) in [7, 11) is 0. The Balaban J connectivity index is 1.38. The molecule has 3 aliphatic rings. The number of allylic oxidation sites excluding steroid dienone is 1. The van der Waals surface area contributed by atoms with E-state index in [1.165, 1.54) is 6.08 Å². The van der Waals surface area contributed by atoms with Crippen molar-refractivity contribution >= 4 is 17.6 Å². The third-order valence-corrected chi connectivity index (χ3v) is 6.31. The van der Waals surface area contributed by atoms with Gasteiger partial charge in [0, 0.05) is 38.7 Å². The summed E-state index contributed by atoms with van der Waals surface area (Å²) in [5.74, 6) is 0.0108. The molecule has 0 saturated carbocycles. The minimum atomic E-state index is -0.660. The molecule has 3 heterocycles. The number of benzene rings is 1. The standard InChI is InChI=1S/C23H28N2O4/c1-22(2)15-18(26)14-19(29-22)20(27)24-11-8-23(9-12-24)10-13-25(21(23)28)16-17-6-4-3-5-7-17/h3-7,14H,8-13,15-16H2,1-2H3. The average Bonchev–Trinajstić information content (AvgIpc) is 2.97. The van der Waals surface area contributed by atoms with Gasteiger partial charge in [-0.25, -0.2) is 0 Å². The van der Waals surface area contributed by atoms with Crippen molar-refractivity contribution in [3.05, 3.63) is 47.7 Å². The van der Waals surface area contributed by atoms with Gasteiger partial charge >= 0.3 is 0 Å². The predicted octanol–water partition coefficient (Wildman–Crippen LogP) is 2.68. The van der Waals surface area contributed by atoms with Crippen LogP contribution in [0.3, 0.4) is 0 Å². The summed E-state index contributed by atoms with van der Waals surface area (Å²) < 4.78 is 5.75. The smallest absolute Gasteiger partial charge is 0.289 e. The molecule has 0 aromatic heterocycles. The Kier molecular flexibility index (Phi) is 4.97. The van der Waals surface area contributed by atoms with Crippen molar-refractivity contribution in [1.29, 1.82) is 0 Å². The van der Waals surface area contributed by atoms with Crippen LogP contribution in [0.1, 0.15) is 45.1 Å². The fourth-order valence-corrected chi connectivity index (χ4v) is 4.69. The summed E-state index contributed by atoms with van der Waals surface area (Å²) in [5, 5.41) is 0. The van der Waals surface area contributed by atoms with Crippen LogP contribution in [0.5, 0.6) is 0 Å². The lowest BCUT2D eigenvalue weighted by atomic mass is 9.77. The monoisotopic (exact) mass is 396 g/mol. The molecule has 0 atom stereocenters. The highest BCUT2D eigenvalue weighted by Gasteiger charge is 2.49. The number of piperidine rings is 1. The van der Waals surface area contributed by atoms with Crippen LogP contribution in [0.25, 0.3) is 0 Å². The van der Waals surface area contributed by atoms with Gasteiger partial charge in [-0.3, -0.25) is 14.4 Å². The molecule has 0 radical (unpaired) electrons. The Labute approximate surface area is 171 Å². The third-order valence-electron chi connectivity index (χ3n) is 6.31. The Bertz CT molecular complexity index is 851. The van der Waals surface area contributed by atoms with E-state index in [-0.39, 0.29) is 35.2 Å². The van der Waals surface area contributed by atoms with Crippen LogP contribution in [0.2, 0.25) is 0 Å². The van der Waals surface area contributed by atoms with Crippen LogP contribution in [-0.4, -0.2) is 52.6 Å². The van der Waals surface area contributed by atoms with E-state index < -0.39 is 5.60 Å². The summed E-state index contributed by atoms with van der Waals surface area (Å²) in [4.78, 5) is 41.6. The lowest BCUT2D eigenvalue weighted by Gasteiger charge is -2.39. The first kappa shape index (κ1) is 19.7. The summed E-state index contributed by atoms with van der Waals surface area (Å²) in [6.07, 6.45) is 3.76. The zero-order chi connectivity index (χ0) is 20.6. The highest BCUT2D eigenvalue weighted by atomic mass is 16.5. The van der Waals surface area contributed by atoms with Crippen LogP contribution >= 0.6 is 0 Å². The molecule has 2 amide bonds. The van der Waals surface area contributed by atoms with Gasteiger partial charge in [0.05, 0.1) is 5.41 Å². The van der Waals surface area contributed by atoms with Gasteiger partial charge in [-0.1, -0.05) is 30.3 Å². The number of hydrogen-bond acceptors (Lipinski definition) is 4. The largest absolute Gasteiger partial charge is 0.481 e. The minimum Gasteiger partial charge on any atom is -0.481 e. The first-order chi connectivity index (χ1) is 13.8. The summed E-state index contributed by atoms with van der Waals surface area (Å²) in [6, 6.07) is 10.0. The lowest BCUT2D eigenvalue weighted by Crippen LogP contribution is -2.48. The molecule has 0 aliphatic carbocycles. The van der Waals surface area contributed by atoms with Crippen LogP contribution in [0.4, 0.5) is 0 Å². The molecule has 1 spiro atoms. The molecule has 2 saturated heterocycles. The molecular weight excluding hydrogens is 368 g/mol. The number of rotatable bonds is 3. The van der Waals surface area contributed by atoms with Crippen molar-refractivity contribution in [2.45, 2.75) is 51.7 Å². The summed E-state index contributed by atoms with van der Waals surface area (Å²) in [6.45, 7) is 6.06.